The molecule has 2 aromatic heterocycles. The van der Waals surface area contributed by atoms with Crippen LogP contribution in [-0.4, -0.2) is 34.1 Å². The third-order valence-electron chi connectivity index (χ3n) is 4.83. The Morgan fingerprint density at radius 2 is 2.06 bits per heavy atom. The number of hydrogen-bond acceptors (Lipinski definition) is 5. The van der Waals surface area contributed by atoms with Gasteiger partial charge in [0, 0.05) is 36.6 Å². The first-order valence-electron chi connectivity index (χ1n) is 9.89. The van der Waals surface area contributed by atoms with Crippen LogP contribution in [0.3, 0.4) is 0 Å². The first-order chi connectivity index (χ1) is 15.6. The van der Waals surface area contributed by atoms with Crippen LogP contribution < -0.4 is 9.64 Å². The summed E-state index contributed by atoms with van der Waals surface area (Å²) in [6.45, 7) is 1.20. The first kappa shape index (κ1) is 22.3. The van der Waals surface area contributed by atoms with Crippen LogP contribution in [-0.2, 0) is 11.3 Å². The van der Waals surface area contributed by atoms with Crippen LogP contribution in [0.15, 0.2) is 61.2 Å². The largest absolute Gasteiger partial charge is 0.494 e. The van der Waals surface area contributed by atoms with E-state index in [2.05, 4.69) is 9.97 Å². The molecule has 0 bridgehead atoms. The number of anilines is 1. The molecule has 1 amide bonds. The summed E-state index contributed by atoms with van der Waals surface area (Å²) in [6.07, 6.45) is 9.34. The van der Waals surface area contributed by atoms with Crippen LogP contribution in [0.25, 0.3) is 16.3 Å². The van der Waals surface area contributed by atoms with E-state index in [1.54, 1.807) is 48.8 Å². The van der Waals surface area contributed by atoms with Gasteiger partial charge in [0.1, 0.15) is 11.3 Å². The van der Waals surface area contributed by atoms with Crippen molar-refractivity contribution in [3.05, 3.63) is 76.8 Å². The van der Waals surface area contributed by atoms with Gasteiger partial charge in [0.2, 0.25) is 0 Å². The lowest BCUT2D eigenvalue weighted by atomic mass is 10.2. The Hall–Kier alpha value is -2.87. The van der Waals surface area contributed by atoms with Gasteiger partial charge in [-0.1, -0.05) is 52.7 Å². The molecule has 0 spiro atoms. The minimum absolute atomic E-state index is 0.190. The molecule has 9 heteroatoms. The Morgan fingerprint density at radius 1 is 1.22 bits per heavy atom. The zero-order chi connectivity index (χ0) is 22.5. The molecule has 4 rings (SSSR count). The lowest BCUT2D eigenvalue weighted by Crippen LogP contribution is -2.30. The third kappa shape index (κ3) is 4.96. The van der Waals surface area contributed by atoms with Crippen molar-refractivity contribution in [2.75, 3.05) is 18.6 Å². The molecule has 2 aromatic carbocycles. The number of fused-ring (bicyclic) bond motifs is 1. The zero-order valence-corrected chi connectivity index (χ0v) is 19.6. The van der Waals surface area contributed by atoms with E-state index in [0.29, 0.717) is 33.0 Å². The predicted molar refractivity (Wildman–Crippen MR) is 131 cm³/mol. The average Bonchev–Trinajstić information content (AvgIpc) is 3.47. The van der Waals surface area contributed by atoms with Gasteiger partial charge in [-0.15, -0.1) is 0 Å². The number of aryl methyl sites for hydroxylation is 1. The summed E-state index contributed by atoms with van der Waals surface area (Å²) in [5.74, 6) is 0.425. The Kier molecular flexibility index (Phi) is 7.09. The van der Waals surface area contributed by atoms with Gasteiger partial charge in [-0.05, 0) is 36.3 Å². The standard InChI is InChI=1S/C23H20Cl2N4O2S/c1-31-19-9-8-18(25)22-21(19)27-23(32-22)29(13-4-12-28-14-11-26-15-28)20(30)10-7-16-5-2-3-6-17(16)24/h2-3,5-11,14-15H,4,12-13H2,1H3/b10-7+. The van der Waals surface area contributed by atoms with Gasteiger partial charge in [0.15, 0.2) is 5.13 Å². The van der Waals surface area contributed by atoms with Crippen molar-refractivity contribution in [2.45, 2.75) is 13.0 Å². The van der Waals surface area contributed by atoms with Crippen LogP contribution in [0.5, 0.6) is 5.75 Å². The second-order valence-electron chi connectivity index (χ2n) is 6.92. The average molecular weight is 487 g/mol. The Labute approximate surface area is 199 Å². The van der Waals surface area contributed by atoms with Gasteiger partial charge >= 0.3 is 0 Å². The van der Waals surface area contributed by atoms with Crippen molar-refractivity contribution in [2.24, 2.45) is 0 Å². The summed E-state index contributed by atoms with van der Waals surface area (Å²) in [7, 11) is 1.59. The molecule has 0 saturated heterocycles. The van der Waals surface area contributed by atoms with E-state index in [-0.39, 0.29) is 5.91 Å². The molecule has 0 unspecified atom stereocenters. The van der Waals surface area contributed by atoms with Crippen LogP contribution in [0.4, 0.5) is 5.13 Å². The minimum atomic E-state index is -0.190. The molecule has 32 heavy (non-hydrogen) atoms. The molecule has 0 aliphatic carbocycles. The minimum Gasteiger partial charge on any atom is -0.494 e. The van der Waals surface area contributed by atoms with Crippen LogP contribution >= 0.6 is 34.5 Å². The second-order valence-corrected chi connectivity index (χ2v) is 8.71. The number of ether oxygens (including phenoxy) is 1. The summed E-state index contributed by atoms with van der Waals surface area (Å²) >= 11 is 14.0. The van der Waals surface area contributed by atoms with Crippen molar-refractivity contribution in [1.82, 2.24) is 14.5 Å². The number of methoxy groups -OCH3 is 1. The highest BCUT2D eigenvalue weighted by molar-refractivity contribution is 7.23. The molecule has 0 radical (unpaired) electrons. The first-order valence-corrected chi connectivity index (χ1v) is 11.5. The normalized spacial score (nSPS) is 11.3. The lowest BCUT2D eigenvalue weighted by molar-refractivity contribution is -0.114. The highest BCUT2D eigenvalue weighted by Gasteiger charge is 2.20. The number of imidazole rings is 1. The molecule has 0 atom stereocenters. The molecule has 4 aromatic rings. The van der Waals surface area contributed by atoms with Crippen molar-refractivity contribution in [3.8, 4) is 5.75 Å². The number of carbonyl (C=O) groups excluding carboxylic acids is 1. The fourth-order valence-electron chi connectivity index (χ4n) is 3.21. The van der Waals surface area contributed by atoms with Crippen LogP contribution in [0.1, 0.15) is 12.0 Å². The highest BCUT2D eigenvalue weighted by atomic mass is 35.5. The molecule has 0 N–H and O–H groups in total. The number of aromatic nitrogens is 3. The molecular weight excluding hydrogens is 467 g/mol. The summed E-state index contributed by atoms with van der Waals surface area (Å²) < 4.78 is 8.18. The Balaban J connectivity index is 1.64. The SMILES string of the molecule is COc1ccc(Cl)c2sc(N(CCCn3ccnc3)C(=O)/C=C/c3ccccc3Cl)nc12. The van der Waals surface area contributed by atoms with Crippen molar-refractivity contribution >= 4 is 61.9 Å². The number of rotatable bonds is 8. The van der Waals surface area contributed by atoms with E-state index in [1.165, 1.54) is 17.4 Å². The van der Waals surface area contributed by atoms with E-state index in [4.69, 9.17) is 27.9 Å². The van der Waals surface area contributed by atoms with Crippen molar-refractivity contribution in [1.29, 1.82) is 0 Å². The fraction of sp³-hybridized carbons (Fsp3) is 0.174. The summed E-state index contributed by atoms with van der Waals surface area (Å²) in [6, 6.07) is 10.9. The maximum atomic E-state index is 13.2. The number of halogens is 2. The Bertz CT molecular complexity index is 1250. The molecule has 6 nitrogen and oxygen atoms in total. The number of nitrogens with zero attached hydrogens (tertiary/aromatic N) is 4. The fourth-order valence-corrected chi connectivity index (χ4v) is 4.70. The van der Waals surface area contributed by atoms with Gasteiger partial charge < -0.3 is 9.30 Å². The monoisotopic (exact) mass is 486 g/mol. The topological polar surface area (TPSA) is 60.2 Å². The smallest absolute Gasteiger partial charge is 0.252 e. The highest BCUT2D eigenvalue weighted by Crippen LogP contribution is 2.38. The quantitative estimate of drug-likeness (QED) is 0.289. The second kappa shape index (κ2) is 10.2. The van der Waals surface area contributed by atoms with Gasteiger partial charge in [0.05, 0.1) is 23.2 Å². The summed E-state index contributed by atoms with van der Waals surface area (Å²) in [5.41, 5.74) is 1.41. The van der Waals surface area contributed by atoms with E-state index in [1.807, 2.05) is 29.0 Å². The molecule has 0 fully saturated rings. The number of hydrogen-bond donors (Lipinski definition) is 0. The van der Waals surface area contributed by atoms with E-state index < -0.39 is 0 Å². The molecular formula is C23H20Cl2N4O2S. The number of carbonyl (C=O) groups is 1. The van der Waals surface area contributed by atoms with Gasteiger partial charge in [-0.2, -0.15) is 0 Å². The third-order valence-corrected chi connectivity index (χ3v) is 6.71. The molecule has 164 valence electrons. The number of benzene rings is 2. The van der Waals surface area contributed by atoms with Crippen molar-refractivity contribution < 1.29 is 9.53 Å². The maximum Gasteiger partial charge on any atom is 0.252 e. The van der Waals surface area contributed by atoms with E-state index in [9.17, 15) is 4.79 Å². The van der Waals surface area contributed by atoms with Gasteiger partial charge in [-0.25, -0.2) is 9.97 Å². The van der Waals surface area contributed by atoms with Crippen LogP contribution in [0, 0.1) is 0 Å². The number of thiazole rings is 1. The zero-order valence-electron chi connectivity index (χ0n) is 17.2. The van der Waals surface area contributed by atoms with E-state index in [0.717, 1.165) is 23.2 Å². The number of amides is 1. The van der Waals surface area contributed by atoms with Crippen LogP contribution in [0.2, 0.25) is 10.0 Å². The molecule has 0 saturated carbocycles. The summed E-state index contributed by atoms with van der Waals surface area (Å²) in [4.78, 5) is 23.6. The van der Waals surface area contributed by atoms with Crippen molar-refractivity contribution in [3.63, 3.8) is 0 Å². The predicted octanol–water partition coefficient (Wildman–Crippen LogP) is 5.94. The summed E-state index contributed by atoms with van der Waals surface area (Å²) in [5, 5.41) is 1.72. The Morgan fingerprint density at radius 3 is 2.81 bits per heavy atom. The van der Waals surface area contributed by atoms with E-state index >= 15 is 0 Å². The lowest BCUT2D eigenvalue weighted by Gasteiger charge is -2.18. The van der Waals surface area contributed by atoms with Gasteiger partial charge in [-0.3, -0.25) is 9.69 Å². The maximum absolute atomic E-state index is 13.2. The molecule has 0 aliphatic rings. The molecule has 0 aliphatic heterocycles. The molecule has 2 heterocycles. The van der Waals surface area contributed by atoms with Gasteiger partial charge in [0.25, 0.3) is 5.91 Å².